The maximum Gasteiger partial charge on any atom is 0.307 e. The molecular formula is C12H14O3. The quantitative estimate of drug-likeness (QED) is 0.752. The van der Waals surface area contributed by atoms with Crippen LogP contribution in [0.1, 0.15) is 32.1 Å². The summed E-state index contributed by atoms with van der Waals surface area (Å²) in [7, 11) is 0. The number of Topliss-reactive ketones (excluding diaryl/α,β-unsaturated/α-hetero) is 1. The lowest BCUT2D eigenvalue weighted by Gasteiger charge is -2.28. The number of ketones is 1. The van der Waals surface area contributed by atoms with Crippen molar-refractivity contribution in [3.05, 3.63) is 23.3 Å². The van der Waals surface area contributed by atoms with Gasteiger partial charge in [0, 0.05) is 12.8 Å². The summed E-state index contributed by atoms with van der Waals surface area (Å²) in [6.45, 7) is 0. The molecule has 3 nitrogen and oxygen atoms in total. The molecule has 2 rings (SSSR count). The summed E-state index contributed by atoms with van der Waals surface area (Å²) in [5.74, 6) is -0.0420. The summed E-state index contributed by atoms with van der Waals surface area (Å²) in [6.07, 6.45) is 6.90. The van der Waals surface area contributed by atoms with Crippen LogP contribution in [0.3, 0.4) is 0 Å². The van der Waals surface area contributed by atoms with Gasteiger partial charge in [0.1, 0.15) is 5.78 Å². The molecule has 0 amide bonds. The maximum absolute atomic E-state index is 11.2. The molecule has 1 unspecified atom stereocenters. The predicted molar refractivity (Wildman–Crippen MR) is 55.4 cm³/mol. The number of hydrogen-bond donors (Lipinski definition) is 1. The van der Waals surface area contributed by atoms with E-state index in [1.807, 2.05) is 12.2 Å². The molecule has 3 heteroatoms. The van der Waals surface area contributed by atoms with Crippen LogP contribution in [0.25, 0.3) is 0 Å². The van der Waals surface area contributed by atoms with Crippen molar-refractivity contribution in [2.75, 3.05) is 0 Å². The van der Waals surface area contributed by atoms with Gasteiger partial charge < -0.3 is 5.11 Å². The molecule has 15 heavy (non-hydrogen) atoms. The molecule has 0 radical (unpaired) electrons. The monoisotopic (exact) mass is 206 g/mol. The van der Waals surface area contributed by atoms with E-state index in [0.717, 1.165) is 18.4 Å². The van der Waals surface area contributed by atoms with Crippen molar-refractivity contribution in [1.82, 2.24) is 0 Å². The van der Waals surface area contributed by atoms with Gasteiger partial charge in [-0.25, -0.2) is 0 Å². The van der Waals surface area contributed by atoms with E-state index in [2.05, 4.69) is 0 Å². The van der Waals surface area contributed by atoms with E-state index in [1.165, 1.54) is 5.57 Å². The lowest BCUT2D eigenvalue weighted by molar-refractivity contribution is -0.136. The van der Waals surface area contributed by atoms with E-state index in [1.54, 1.807) is 0 Å². The van der Waals surface area contributed by atoms with Crippen LogP contribution in [0, 0.1) is 5.92 Å². The highest BCUT2D eigenvalue weighted by Gasteiger charge is 2.26. The van der Waals surface area contributed by atoms with Crippen molar-refractivity contribution >= 4 is 11.8 Å². The van der Waals surface area contributed by atoms with E-state index in [0.29, 0.717) is 24.5 Å². The van der Waals surface area contributed by atoms with Gasteiger partial charge in [-0.2, -0.15) is 0 Å². The Hall–Kier alpha value is -1.38. The van der Waals surface area contributed by atoms with Crippen molar-refractivity contribution in [2.24, 2.45) is 5.92 Å². The highest BCUT2D eigenvalue weighted by molar-refractivity contribution is 5.82. The Labute approximate surface area is 88.5 Å². The van der Waals surface area contributed by atoms with E-state index in [-0.39, 0.29) is 6.42 Å². The number of carboxylic acid groups (broad SMARTS) is 1. The lowest BCUT2D eigenvalue weighted by Crippen LogP contribution is -2.20. The molecule has 0 aromatic heterocycles. The molecule has 80 valence electrons. The number of fused-ring (bicyclic) bond motifs is 1. The van der Waals surface area contributed by atoms with Crippen molar-refractivity contribution in [3.63, 3.8) is 0 Å². The molecule has 0 aromatic carbocycles. The topological polar surface area (TPSA) is 54.4 Å². The number of carbonyl (C=O) groups is 2. The molecule has 0 aliphatic heterocycles. The van der Waals surface area contributed by atoms with Crippen LogP contribution in [0.15, 0.2) is 23.3 Å². The number of aliphatic carboxylic acids is 1. The Bertz CT molecular complexity index is 363. The first-order valence-corrected chi connectivity index (χ1v) is 5.27. The van der Waals surface area contributed by atoms with Crippen LogP contribution in [0.4, 0.5) is 0 Å². The summed E-state index contributed by atoms with van der Waals surface area (Å²) in [4.78, 5) is 21.8. The van der Waals surface area contributed by atoms with Gasteiger partial charge in [-0.15, -0.1) is 0 Å². The molecule has 1 atom stereocenters. The first-order chi connectivity index (χ1) is 7.15. The molecule has 0 saturated heterocycles. The minimum atomic E-state index is -0.773. The van der Waals surface area contributed by atoms with Crippen molar-refractivity contribution in [2.45, 2.75) is 32.1 Å². The lowest BCUT2D eigenvalue weighted by atomic mass is 9.76. The fraction of sp³-hybridized carbons (Fsp3) is 0.500. The third-order valence-corrected chi connectivity index (χ3v) is 3.12. The van der Waals surface area contributed by atoms with Crippen LogP contribution in [-0.2, 0) is 9.59 Å². The number of hydrogen-bond acceptors (Lipinski definition) is 2. The van der Waals surface area contributed by atoms with Crippen LogP contribution >= 0.6 is 0 Å². The third kappa shape index (κ3) is 2.35. The molecule has 2 aliphatic rings. The van der Waals surface area contributed by atoms with E-state index >= 15 is 0 Å². The zero-order valence-corrected chi connectivity index (χ0v) is 8.53. The maximum atomic E-state index is 11.2. The predicted octanol–water partition coefficient (Wildman–Crippen LogP) is 2.09. The van der Waals surface area contributed by atoms with Gasteiger partial charge >= 0.3 is 5.97 Å². The number of carboxylic acids is 1. The Kier molecular flexibility index (Phi) is 2.71. The van der Waals surface area contributed by atoms with Gasteiger partial charge in [0.15, 0.2) is 0 Å². The fourth-order valence-electron chi connectivity index (χ4n) is 2.34. The fourth-order valence-corrected chi connectivity index (χ4v) is 2.34. The number of carbonyl (C=O) groups excluding carboxylic acids is 1. The summed E-state index contributed by atoms with van der Waals surface area (Å²) in [5.41, 5.74) is 2.17. The highest BCUT2D eigenvalue weighted by Crippen LogP contribution is 2.36. The van der Waals surface area contributed by atoms with Gasteiger partial charge in [-0.3, -0.25) is 9.59 Å². The summed E-state index contributed by atoms with van der Waals surface area (Å²) < 4.78 is 0. The summed E-state index contributed by atoms with van der Waals surface area (Å²) in [6, 6.07) is 0. The van der Waals surface area contributed by atoms with Crippen molar-refractivity contribution in [1.29, 1.82) is 0 Å². The zero-order valence-electron chi connectivity index (χ0n) is 8.53. The number of allylic oxidation sites excluding steroid dienone is 3. The summed E-state index contributed by atoms with van der Waals surface area (Å²) in [5, 5.41) is 8.69. The molecule has 1 N–H and O–H groups in total. The third-order valence-electron chi connectivity index (χ3n) is 3.12. The minimum absolute atomic E-state index is 0.133. The largest absolute Gasteiger partial charge is 0.481 e. The standard InChI is InChI=1S/C12H14O3/c13-11-4-3-9-5-8(6-12(14)15)1-2-10(9)7-11/h1-2,9H,3-7H2,(H,14,15). The van der Waals surface area contributed by atoms with Crippen LogP contribution in [0.2, 0.25) is 0 Å². The minimum Gasteiger partial charge on any atom is -0.481 e. The van der Waals surface area contributed by atoms with Crippen LogP contribution in [-0.4, -0.2) is 16.9 Å². The average molecular weight is 206 g/mol. The Morgan fingerprint density at radius 1 is 1.47 bits per heavy atom. The molecule has 1 saturated carbocycles. The molecule has 0 spiro atoms. The van der Waals surface area contributed by atoms with E-state index in [9.17, 15) is 9.59 Å². The second-order valence-electron chi connectivity index (χ2n) is 4.29. The first kappa shape index (κ1) is 10.1. The Balaban J connectivity index is 2.09. The van der Waals surface area contributed by atoms with E-state index < -0.39 is 5.97 Å². The van der Waals surface area contributed by atoms with Crippen molar-refractivity contribution in [3.8, 4) is 0 Å². The van der Waals surface area contributed by atoms with Crippen molar-refractivity contribution < 1.29 is 14.7 Å². The zero-order chi connectivity index (χ0) is 10.8. The second-order valence-corrected chi connectivity index (χ2v) is 4.29. The SMILES string of the molecule is O=C(O)CC1=CC=C2CC(=O)CCC2C1. The van der Waals surface area contributed by atoms with Crippen LogP contribution < -0.4 is 0 Å². The summed E-state index contributed by atoms with van der Waals surface area (Å²) >= 11 is 0. The molecule has 0 bridgehead atoms. The van der Waals surface area contributed by atoms with Gasteiger partial charge in [-0.05, 0) is 18.8 Å². The Morgan fingerprint density at radius 2 is 2.27 bits per heavy atom. The van der Waals surface area contributed by atoms with E-state index in [4.69, 9.17) is 5.11 Å². The van der Waals surface area contributed by atoms with Crippen LogP contribution in [0.5, 0.6) is 0 Å². The molecule has 2 aliphatic carbocycles. The smallest absolute Gasteiger partial charge is 0.307 e. The first-order valence-electron chi connectivity index (χ1n) is 5.27. The molecule has 1 fully saturated rings. The van der Waals surface area contributed by atoms with Gasteiger partial charge in [0.25, 0.3) is 0 Å². The molecular weight excluding hydrogens is 192 g/mol. The molecule has 0 aromatic rings. The highest BCUT2D eigenvalue weighted by atomic mass is 16.4. The molecule has 0 heterocycles. The van der Waals surface area contributed by atoms with Gasteiger partial charge in [0.05, 0.1) is 6.42 Å². The normalized spacial score (nSPS) is 25.3. The Morgan fingerprint density at radius 3 is 3.00 bits per heavy atom. The number of rotatable bonds is 2. The van der Waals surface area contributed by atoms with Gasteiger partial charge in [0.2, 0.25) is 0 Å². The second kappa shape index (κ2) is 4.01. The average Bonchev–Trinajstić information content (AvgIpc) is 2.17. The van der Waals surface area contributed by atoms with Gasteiger partial charge in [-0.1, -0.05) is 23.3 Å².